The van der Waals surface area contributed by atoms with E-state index < -0.39 is 0 Å². The number of carbonyl (C=O) groups excluding carboxylic acids is 1. The van der Waals surface area contributed by atoms with E-state index in [1.54, 1.807) is 0 Å². The number of anilines is 1. The number of aryl methyl sites for hydroxylation is 1. The van der Waals surface area contributed by atoms with Crippen LogP contribution < -0.4 is 15.5 Å². The van der Waals surface area contributed by atoms with Gasteiger partial charge in [0.2, 0.25) is 5.91 Å². The van der Waals surface area contributed by atoms with Crippen LogP contribution >= 0.6 is 11.3 Å². The molecule has 0 bridgehead atoms. The van der Waals surface area contributed by atoms with Gasteiger partial charge in [0.1, 0.15) is 30.3 Å². The predicted octanol–water partition coefficient (Wildman–Crippen LogP) is 0.922. The van der Waals surface area contributed by atoms with Crippen molar-refractivity contribution in [2.75, 3.05) is 38.2 Å². The molecule has 29 heavy (non-hydrogen) atoms. The van der Waals surface area contributed by atoms with Crippen molar-refractivity contribution in [3.05, 3.63) is 16.3 Å². The SMILES string of the molecule is C[C@@H]1CCc2c(sc3nc(C[NH+]4CCOCC4)nc(NCC(=O)NC4CC4)c23)C1. The van der Waals surface area contributed by atoms with E-state index in [0.29, 0.717) is 6.04 Å². The molecule has 1 saturated carbocycles. The number of fused-ring (bicyclic) bond motifs is 3. The van der Waals surface area contributed by atoms with E-state index in [9.17, 15) is 4.79 Å². The topological polar surface area (TPSA) is 80.6 Å². The number of thiophene rings is 1. The Kier molecular flexibility index (Phi) is 5.41. The number of ether oxygens (including phenoxy) is 1. The van der Waals surface area contributed by atoms with Gasteiger partial charge in [0.25, 0.3) is 0 Å². The second-order valence-electron chi connectivity index (χ2n) is 8.75. The fraction of sp³-hybridized carbons (Fsp3) is 0.667. The Labute approximate surface area is 175 Å². The maximum atomic E-state index is 12.2. The number of aromatic nitrogens is 2. The first-order valence-corrected chi connectivity index (χ1v) is 11.7. The van der Waals surface area contributed by atoms with Crippen LogP contribution in [0.3, 0.4) is 0 Å². The quantitative estimate of drug-likeness (QED) is 0.653. The lowest BCUT2D eigenvalue weighted by Gasteiger charge is -2.23. The van der Waals surface area contributed by atoms with Gasteiger partial charge >= 0.3 is 0 Å². The van der Waals surface area contributed by atoms with Gasteiger partial charge in [-0.15, -0.1) is 11.3 Å². The van der Waals surface area contributed by atoms with Crippen LogP contribution in [0, 0.1) is 5.92 Å². The van der Waals surface area contributed by atoms with Gasteiger partial charge in [-0.3, -0.25) is 4.79 Å². The number of nitrogens with zero attached hydrogens (tertiary/aromatic N) is 2. The average molecular weight is 417 g/mol. The molecule has 3 heterocycles. The number of carbonyl (C=O) groups is 1. The lowest BCUT2D eigenvalue weighted by Crippen LogP contribution is -3.12. The number of amides is 1. The molecule has 2 aliphatic carbocycles. The molecule has 1 amide bonds. The highest BCUT2D eigenvalue weighted by atomic mass is 32.1. The van der Waals surface area contributed by atoms with Gasteiger partial charge in [-0.05, 0) is 43.6 Å². The van der Waals surface area contributed by atoms with Crippen molar-refractivity contribution in [3.8, 4) is 0 Å². The van der Waals surface area contributed by atoms with Crippen LogP contribution in [0.5, 0.6) is 0 Å². The van der Waals surface area contributed by atoms with Crippen molar-refractivity contribution in [1.82, 2.24) is 15.3 Å². The zero-order chi connectivity index (χ0) is 19.8. The number of morpholine rings is 1. The monoisotopic (exact) mass is 416 g/mol. The molecule has 0 radical (unpaired) electrons. The minimum Gasteiger partial charge on any atom is -0.370 e. The van der Waals surface area contributed by atoms with E-state index >= 15 is 0 Å². The maximum Gasteiger partial charge on any atom is 0.239 e. The van der Waals surface area contributed by atoms with Crippen molar-refractivity contribution in [2.24, 2.45) is 5.92 Å². The first kappa shape index (κ1) is 19.2. The summed E-state index contributed by atoms with van der Waals surface area (Å²) in [6.45, 7) is 6.99. The number of quaternary nitrogens is 1. The third kappa shape index (κ3) is 4.39. The minimum absolute atomic E-state index is 0.0531. The number of nitrogens with one attached hydrogen (secondary N) is 3. The molecule has 0 spiro atoms. The summed E-state index contributed by atoms with van der Waals surface area (Å²) in [5, 5.41) is 7.56. The Balaban J connectivity index is 1.43. The highest BCUT2D eigenvalue weighted by Gasteiger charge is 2.26. The van der Waals surface area contributed by atoms with Crippen molar-refractivity contribution in [1.29, 1.82) is 0 Å². The molecule has 1 aliphatic heterocycles. The van der Waals surface area contributed by atoms with Crippen molar-refractivity contribution < 1.29 is 14.4 Å². The van der Waals surface area contributed by atoms with Crippen LogP contribution in [-0.2, 0) is 28.9 Å². The molecule has 156 valence electrons. The molecule has 7 nitrogen and oxygen atoms in total. The van der Waals surface area contributed by atoms with Crippen LogP contribution in [0.4, 0.5) is 5.82 Å². The lowest BCUT2D eigenvalue weighted by atomic mass is 9.89. The van der Waals surface area contributed by atoms with Gasteiger partial charge in [0.05, 0.1) is 25.1 Å². The van der Waals surface area contributed by atoms with Gasteiger partial charge in [0.15, 0.2) is 5.82 Å². The number of hydrogen-bond donors (Lipinski definition) is 3. The Morgan fingerprint density at radius 3 is 2.86 bits per heavy atom. The largest absolute Gasteiger partial charge is 0.370 e. The van der Waals surface area contributed by atoms with Gasteiger partial charge < -0.3 is 20.3 Å². The van der Waals surface area contributed by atoms with Crippen LogP contribution in [0.1, 0.15) is 42.5 Å². The van der Waals surface area contributed by atoms with Gasteiger partial charge in [-0.2, -0.15) is 0 Å². The number of hydrogen-bond acceptors (Lipinski definition) is 6. The molecule has 2 aromatic rings. The molecule has 0 unspecified atom stereocenters. The fourth-order valence-corrected chi connectivity index (χ4v) is 5.73. The molecule has 5 rings (SSSR count). The minimum atomic E-state index is 0.0531. The average Bonchev–Trinajstić information content (AvgIpc) is 3.44. The number of rotatable bonds is 6. The van der Waals surface area contributed by atoms with E-state index in [1.807, 2.05) is 11.3 Å². The third-order valence-electron chi connectivity index (χ3n) is 6.17. The molecule has 8 heteroatoms. The second kappa shape index (κ2) is 8.16. The summed E-state index contributed by atoms with van der Waals surface area (Å²) >= 11 is 1.82. The third-order valence-corrected chi connectivity index (χ3v) is 7.32. The zero-order valence-electron chi connectivity index (χ0n) is 17.1. The maximum absolute atomic E-state index is 12.2. The van der Waals surface area contributed by atoms with Crippen LogP contribution in [0.15, 0.2) is 0 Å². The Morgan fingerprint density at radius 1 is 1.24 bits per heavy atom. The van der Waals surface area contributed by atoms with Gasteiger partial charge in [-0.1, -0.05) is 6.92 Å². The highest BCUT2D eigenvalue weighted by molar-refractivity contribution is 7.19. The molecular weight excluding hydrogens is 386 g/mol. The molecular formula is C21H30N5O2S+. The summed E-state index contributed by atoms with van der Waals surface area (Å²) < 4.78 is 5.48. The van der Waals surface area contributed by atoms with Crippen molar-refractivity contribution in [2.45, 2.75) is 51.6 Å². The highest BCUT2D eigenvalue weighted by Crippen LogP contribution is 2.40. The molecule has 3 N–H and O–H groups in total. The fourth-order valence-electron chi connectivity index (χ4n) is 4.32. The normalized spacial score (nSPS) is 22.4. The standard InChI is InChI=1S/C21H29N5O2S/c1-13-2-5-15-16(10-13)29-21-19(15)20(22-11-18(27)23-14-3-4-14)24-17(25-21)12-26-6-8-28-9-7-26/h13-14H,2-12H2,1H3,(H,23,27)(H,22,24,25)/p+1/t13-/m1/s1. The Hall–Kier alpha value is -1.77. The van der Waals surface area contributed by atoms with Crippen LogP contribution in [0.25, 0.3) is 10.2 Å². The summed E-state index contributed by atoms with van der Waals surface area (Å²) in [7, 11) is 0. The van der Waals surface area contributed by atoms with Crippen molar-refractivity contribution >= 4 is 33.3 Å². The van der Waals surface area contributed by atoms with E-state index in [-0.39, 0.29) is 12.5 Å². The molecule has 1 saturated heterocycles. The molecule has 2 fully saturated rings. The van der Waals surface area contributed by atoms with Crippen LogP contribution in [-0.4, -0.2) is 54.8 Å². The smallest absolute Gasteiger partial charge is 0.239 e. The Morgan fingerprint density at radius 2 is 2.07 bits per heavy atom. The second-order valence-corrected chi connectivity index (χ2v) is 9.84. The zero-order valence-corrected chi connectivity index (χ0v) is 17.9. The summed E-state index contributed by atoms with van der Waals surface area (Å²) in [6.07, 6.45) is 5.62. The lowest BCUT2D eigenvalue weighted by molar-refractivity contribution is -0.922. The van der Waals surface area contributed by atoms with Crippen LogP contribution in [0.2, 0.25) is 0 Å². The molecule has 1 atom stereocenters. The molecule has 3 aliphatic rings. The Bertz CT molecular complexity index is 904. The summed E-state index contributed by atoms with van der Waals surface area (Å²) in [5.74, 6) is 2.49. The van der Waals surface area contributed by atoms with Gasteiger partial charge in [-0.25, -0.2) is 9.97 Å². The van der Waals surface area contributed by atoms with E-state index in [1.165, 1.54) is 21.8 Å². The van der Waals surface area contributed by atoms with E-state index in [4.69, 9.17) is 14.7 Å². The molecule has 0 aromatic carbocycles. The summed E-state index contributed by atoms with van der Waals surface area (Å²) in [5.41, 5.74) is 1.40. The first-order chi connectivity index (χ1) is 14.2. The summed E-state index contributed by atoms with van der Waals surface area (Å²) in [6, 6.07) is 0.380. The first-order valence-electron chi connectivity index (χ1n) is 10.9. The molecule has 2 aromatic heterocycles. The van der Waals surface area contributed by atoms with Gasteiger partial charge in [0, 0.05) is 10.9 Å². The van der Waals surface area contributed by atoms with Crippen molar-refractivity contribution in [3.63, 3.8) is 0 Å². The predicted molar refractivity (Wildman–Crippen MR) is 113 cm³/mol. The summed E-state index contributed by atoms with van der Waals surface area (Å²) in [4.78, 5) is 26.1. The van der Waals surface area contributed by atoms with E-state index in [0.717, 1.165) is 86.3 Å². The van der Waals surface area contributed by atoms with E-state index in [2.05, 4.69) is 17.6 Å².